The Hall–Kier alpha value is -2.37. The fraction of sp³-hybridized carbons (Fsp3) is 0.316. The normalized spacial score (nSPS) is 16.8. The number of phenols is 1. The highest BCUT2D eigenvalue weighted by Gasteiger charge is 2.26. The number of carbonyl (C=O) groups is 1. The summed E-state index contributed by atoms with van der Waals surface area (Å²) in [4.78, 5) is 16.4. The highest BCUT2D eigenvalue weighted by molar-refractivity contribution is 5.82. The maximum Gasteiger partial charge on any atom is 0.256 e. The van der Waals surface area contributed by atoms with E-state index in [1.165, 1.54) is 0 Å². The lowest BCUT2D eigenvalue weighted by molar-refractivity contribution is -0.142. The molecule has 0 spiro atoms. The van der Waals surface area contributed by atoms with Gasteiger partial charge in [0.15, 0.2) is 6.10 Å². The molecular weight excluding hydrogens is 304 g/mol. The first kappa shape index (κ1) is 16.5. The average molecular weight is 326 g/mol. The third kappa shape index (κ3) is 3.93. The van der Waals surface area contributed by atoms with Gasteiger partial charge < -0.3 is 15.1 Å². The number of rotatable bonds is 4. The van der Waals surface area contributed by atoms with Gasteiger partial charge in [0.1, 0.15) is 5.75 Å². The number of amides is 1. The van der Waals surface area contributed by atoms with Crippen molar-refractivity contribution in [2.75, 3.05) is 26.2 Å². The van der Waals surface area contributed by atoms with Crippen LogP contribution >= 0.6 is 0 Å². The standard InChI is InChI=1S/C19H22N2O3/c22-17-8-4-5-15(13-17)14-20-9-11-21(12-10-20)19(24)18(23)16-6-2-1-3-7-16/h1-8,13,18,22-23H,9-12,14H2/t18-/m1/s1. The predicted molar refractivity (Wildman–Crippen MR) is 91.4 cm³/mol. The first-order chi connectivity index (χ1) is 11.6. The van der Waals surface area contributed by atoms with Crippen molar-refractivity contribution < 1.29 is 15.0 Å². The molecule has 0 unspecified atom stereocenters. The number of phenolic OH excluding ortho intramolecular Hbond substituents is 1. The molecule has 5 heteroatoms. The first-order valence-corrected chi connectivity index (χ1v) is 8.15. The lowest BCUT2D eigenvalue weighted by atomic mass is 10.1. The van der Waals surface area contributed by atoms with Crippen molar-refractivity contribution in [3.05, 3.63) is 65.7 Å². The molecule has 1 fully saturated rings. The van der Waals surface area contributed by atoms with Gasteiger partial charge in [0.2, 0.25) is 0 Å². The van der Waals surface area contributed by atoms with E-state index in [1.807, 2.05) is 30.3 Å². The number of hydrogen-bond acceptors (Lipinski definition) is 4. The molecule has 2 aromatic rings. The summed E-state index contributed by atoms with van der Waals surface area (Å²) in [5.41, 5.74) is 1.68. The molecule has 5 nitrogen and oxygen atoms in total. The molecule has 1 aliphatic heterocycles. The van der Waals surface area contributed by atoms with Crippen molar-refractivity contribution in [1.82, 2.24) is 9.80 Å². The van der Waals surface area contributed by atoms with Gasteiger partial charge in [-0.15, -0.1) is 0 Å². The van der Waals surface area contributed by atoms with Gasteiger partial charge in [-0.1, -0.05) is 42.5 Å². The van der Waals surface area contributed by atoms with Crippen LogP contribution in [0.15, 0.2) is 54.6 Å². The molecule has 2 N–H and O–H groups in total. The van der Waals surface area contributed by atoms with Crippen LogP contribution in [-0.2, 0) is 11.3 Å². The van der Waals surface area contributed by atoms with E-state index in [0.29, 0.717) is 18.7 Å². The van der Waals surface area contributed by atoms with Crippen LogP contribution in [0.25, 0.3) is 0 Å². The number of nitrogens with zero attached hydrogens (tertiary/aromatic N) is 2. The second-order valence-electron chi connectivity index (χ2n) is 6.08. The Morgan fingerprint density at radius 1 is 1.00 bits per heavy atom. The molecule has 0 radical (unpaired) electrons. The molecule has 3 rings (SSSR count). The van der Waals surface area contributed by atoms with Gasteiger partial charge >= 0.3 is 0 Å². The lowest BCUT2D eigenvalue weighted by Gasteiger charge is -2.35. The van der Waals surface area contributed by atoms with E-state index in [9.17, 15) is 15.0 Å². The highest BCUT2D eigenvalue weighted by Crippen LogP contribution is 2.18. The summed E-state index contributed by atoms with van der Waals surface area (Å²) in [5.74, 6) is 0.0329. The Labute approximate surface area is 141 Å². The summed E-state index contributed by atoms with van der Waals surface area (Å²) in [6.45, 7) is 3.45. The minimum atomic E-state index is -1.09. The Balaban J connectivity index is 1.54. The monoisotopic (exact) mass is 326 g/mol. The number of benzene rings is 2. The SMILES string of the molecule is O=C([C@H](O)c1ccccc1)N1CCN(Cc2cccc(O)c2)CC1. The zero-order chi connectivity index (χ0) is 16.9. The van der Waals surface area contributed by atoms with E-state index in [1.54, 1.807) is 29.2 Å². The van der Waals surface area contributed by atoms with Crippen LogP contribution in [-0.4, -0.2) is 52.1 Å². The second-order valence-corrected chi connectivity index (χ2v) is 6.08. The van der Waals surface area contributed by atoms with Crippen molar-refractivity contribution in [2.45, 2.75) is 12.6 Å². The molecule has 126 valence electrons. The van der Waals surface area contributed by atoms with Crippen LogP contribution in [0.5, 0.6) is 5.75 Å². The maximum absolute atomic E-state index is 12.4. The molecule has 1 heterocycles. The molecule has 0 aromatic heterocycles. The molecule has 0 saturated carbocycles. The Morgan fingerprint density at radius 2 is 1.71 bits per heavy atom. The van der Waals surface area contributed by atoms with Crippen LogP contribution in [0.2, 0.25) is 0 Å². The van der Waals surface area contributed by atoms with E-state index < -0.39 is 6.10 Å². The molecule has 1 aliphatic rings. The van der Waals surface area contributed by atoms with E-state index in [2.05, 4.69) is 4.90 Å². The number of aromatic hydroxyl groups is 1. The molecule has 2 aromatic carbocycles. The van der Waals surface area contributed by atoms with Crippen molar-refractivity contribution in [3.63, 3.8) is 0 Å². The molecule has 1 amide bonds. The number of aliphatic hydroxyl groups excluding tert-OH is 1. The molecule has 1 atom stereocenters. The smallest absolute Gasteiger partial charge is 0.256 e. The summed E-state index contributed by atoms with van der Waals surface area (Å²) < 4.78 is 0. The highest BCUT2D eigenvalue weighted by atomic mass is 16.3. The van der Waals surface area contributed by atoms with Crippen molar-refractivity contribution in [1.29, 1.82) is 0 Å². The van der Waals surface area contributed by atoms with E-state index >= 15 is 0 Å². The number of piperazine rings is 1. The summed E-state index contributed by atoms with van der Waals surface area (Å²) in [7, 11) is 0. The molecule has 24 heavy (non-hydrogen) atoms. The van der Waals surface area contributed by atoms with E-state index in [0.717, 1.165) is 25.2 Å². The molecular formula is C19H22N2O3. The Bertz CT molecular complexity index is 682. The van der Waals surface area contributed by atoms with Gasteiger partial charge in [-0.3, -0.25) is 9.69 Å². The van der Waals surface area contributed by atoms with E-state index in [4.69, 9.17) is 0 Å². The Kier molecular flexibility index (Phi) is 5.13. The van der Waals surface area contributed by atoms with Crippen LogP contribution in [0, 0.1) is 0 Å². The largest absolute Gasteiger partial charge is 0.508 e. The van der Waals surface area contributed by atoms with Gasteiger partial charge in [0.25, 0.3) is 5.91 Å². The van der Waals surface area contributed by atoms with Crippen LogP contribution < -0.4 is 0 Å². The predicted octanol–water partition coefficient (Wildman–Crippen LogP) is 1.77. The van der Waals surface area contributed by atoms with Crippen LogP contribution in [0.1, 0.15) is 17.2 Å². The van der Waals surface area contributed by atoms with E-state index in [-0.39, 0.29) is 11.7 Å². The second kappa shape index (κ2) is 7.47. The Morgan fingerprint density at radius 3 is 2.38 bits per heavy atom. The van der Waals surface area contributed by atoms with Crippen molar-refractivity contribution >= 4 is 5.91 Å². The van der Waals surface area contributed by atoms with Crippen LogP contribution in [0.4, 0.5) is 0 Å². The summed E-state index contributed by atoms with van der Waals surface area (Å²) in [6.07, 6.45) is -1.09. The van der Waals surface area contributed by atoms with Gasteiger partial charge in [0.05, 0.1) is 0 Å². The molecule has 0 aliphatic carbocycles. The van der Waals surface area contributed by atoms with Crippen molar-refractivity contribution in [3.8, 4) is 5.75 Å². The molecule has 0 bridgehead atoms. The third-order valence-corrected chi connectivity index (χ3v) is 4.35. The van der Waals surface area contributed by atoms with Crippen molar-refractivity contribution in [2.24, 2.45) is 0 Å². The number of hydrogen-bond donors (Lipinski definition) is 2. The summed E-state index contributed by atoms with van der Waals surface area (Å²) in [6, 6.07) is 16.3. The van der Waals surface area contributed by atoms with Gasteiger partial charge in [0, 0.05) is 32.7 Å². The van der Waals surface area contributed by atoms with Gasteiger partial charge in [-0.05, 0) is 23.3 Å². The lowest BCUT2D eigenvalue weighted by Crippen LogP contribution is -2.49. The van der Waals surface area contributed by atoms with Gasteiger partial charge in [-0.25, -0.2) is 0 Å². The number of aliphatic hydroxyl groups is 1. The minimum absolute atomic E-state index is 0.238. The molecule has 1 saturated heterocycles. The topological polar surface area (TPSA) is 64.0 Å². The summed E-state index contributed by atoms with van der Waals surface area (Å²) >= 11 is 0. The number of carbonyl (C=O) groups excluding carboxylic acids is 1. The van der Waals surface area contributed by atoms with Crippen LogP contribution in [0.3, 0.4) is 0 Å². The maximum atomic E-state index is 12.4. The average Bonchev–Trinajstić information content (AvgIpc) is 2.62. The summed E-state index contributed by atoms with van der Waals surface area (Å²) in [5, 5.41) is 19.8. The minimum Gasteiger partial charge on any atom is -0.508 e. The fourth-order valence-electron chi connectivity index (χ4n) is 2.99. The third-order valence-electron chi connectivity index (χ3n) is 4.35. The zero-order valence-corrected chi connectivity index (χ0v) is 13.5. The zero-order valence-electron chi connectivity index (χ0n) is 13.5. The quantitative estimate of drug-likeness (QED) is 0.899. The van der Waals surface area contributed by atoms with Gasteiger partial charge in [-0.2, -0.15) is 0 Å². The first-order valence-electron chi connectivity index (χ1n) is 8.15. The fourth-order valence-corrected chi connectivity index (χ4v) is 2.99.